The molecule has 1 heteroatoms. The van der Waals surface area contributed by atoms with Crippen molar-refractivity contribution in [2.24, 2.45) is 0 Å². The van der Waals surface area contributed by atoms with E-state index in [1.54, 1.807) is 0 Å². The third-order valence-corrected chi connectivity index (χ3v) is 4.93. The summed E-state index contributed by atoms with van der Waals surface area (Å²) in [6.45, 7) is 2.22. The number of fused-ring (bicyclic) bond motifs is 2. The van der Waals surface area contributed by atoms with Gasteiger partial charge in [-0.1, -0.05) is 73.7 Å². The van der Waals surface area contributed by atoms with Crippen LogP contribution in [-0.4, -0.2) is 0 Å². The van der Waals surface area contributed by atoms with Crippen molar-refractivity contribution in [2.75, 3.05) is 0 Å². The van der Waals surface area contributed by atoms with E-state index in [1.807, 2.05) is 0 Å². The zero-order valence-electron chi connectivity index (χ0n) is 13.1. The molecule has 0 spiro atoms. The summed E-state index contributed by atoms with van der Waals surface area (Å²) in [4.78, 5) is 1.04. The van der Waals surface area contributed by atoms with E-state index in [1.165, 1.54) is 38.2 Å². The van der Waals surface area contributed by atoms with Gasteiger partial charge in [-0.15, -0.1) is 12.6 Å². The molecule has 0 saturated heterocycles. The molecule has 0 amide bonds. The van der Waals surface area contributed by atoms with Gasteiger partial charge < -0.3 is 0 Å². The second-order valence-electron chi connectivity index (χ2n) is 5.86. The molecule has 0 nitrogen and oxygen atoms in total. The highest BCUT2D eigenvalue weighted by Crippen LogP contribution is 2.40. The van der Waals surface area contributed by atoms with E-state index in [0.717, 1.165) is 11.3 Å². The fourth-order valence-electron chi connectivity index (χ4n) is 3.43. The Bertz CT molecular complexity index is 1010. The molecular formula is C22H18S. The molecule has 0 heterocycles. The van der Waals surface area contributed by atoms with Gasteiger partial charge in [0, 0.05) is 10.5 Å². The Balaban J connectivity index is 2.21. The van der Waals surface area contributed by atoms with Crippen LogP contribution in [-0.2, 0) is 6.42 Å². The van der Waals surface area contributed by atoms with Gasteiger partial charge in [0.25, 0.3) is 0 Å². The zero-order chi connectivity index (χ0) is 15.8. The molecule has 0 radical (unpaired) electrons. The van der Waals surface area contributed by atoms with Crippen LogP contribution in [0.5, 0.6) is 0 Å². The Morgan fingerprint density at radius 2 is 1.22 bits per heavy atom. The van der Waals surface area contributed by atoms with Crippen LogP contribution >= 0.6 is 12.6 Å². The summed E-state index contributed by atoms with van der Waals surface area (Å²) in [5, 5.41) is 5.11. The molecule has 0 fully saturated rings. The maximum Gasteiger partial charge on any atom is 0.0125 e. The van der Waals surface area contributed by atoms with Crippen LogP contribution in [0, 0.1) is 0 Å². The Labute approximate surface area is 142 Å². The molecule has 0 aromatic heterocycles. The van der Waals surface area contributed by atoms with Gasteiger partial charge in [0.1, 0.15) is 0 Å². The van der Waals surface area contributed by atoms with Crippen molar-refractivity contribution in [3.8, 4) is 11.1 Å². The zero-order valence-corrected chi connectivity index (χ0v) is 14.0. The maximum atomic E-state index is 4.80. The average Bonchev–Trinajstić information content (AvgIpc) is 2.61. The van der Waals surface area contributed by atoms with Crippen molar-refractivity contribution in [1.29, 1.82) is 0 Å². The molecular weight excluding hydrogens is 296 g/mol. The minimum Gasteiger partial charge on any atom is -0.143 e. The predicted octanol–water partition coefficient (Wildman–Crippen LogP) is 6.51. The van der Waals surface area contributed by atoms with Gasteiger partial charge in [0.2, 0.25) is 0 Å². The average molecular weight is 314 g/mol. The third-order valence-electron chi connectivity index (χ3n) is 4.55. The highest BCUT2D eigenvalue weighted by atomic mass is 32.1. The highest BCUT2D eigenvalue weighted by molar-refractivity contribution is 7.80. The smallest absolute Gasteiger partial charge is 0.0125 e. The second-order valence-corrected chi connectivity index (χ2v) is 6.34. The minimum absolute atomic E-state index is 1.01. The standard InChI is InChI=1S/C22H18S/c1-2-15-11-12-16-7-3-5-9-18(16)21(15)22-19-10-6-4-8-17(19)13-14-20(22)23/h3-14,23H,2H2,1H3. The topological polar surface area (TPSA) is 0 Å². The van der Waals surface area contributed by atoms with Crippen LogP contribution in [0.25, 0.3) is 32.7 Å². The molecule has 0 aliphatic rings. The van der Waals surface area contributed by atoms with Crippen LogP contribution in [0.15, 0.2) is 77.7 Å². The van der Waals surface area contributed by atoms with Crippen molar-refractivity contribution < 1.29 is 0 Å². The summed E-state index contributed by atoms with van der Waals surface area (Å²) in [5.41, 5.74) is 3.95. The van der Waals surface area contributed by atoms with E-state index in [2.05, 4.69) is 79.7 Å². The molecule has 0 saturated carbocycles. The molecule has 0 N–H and O–H groups in total. The number of hydrogen-bond acceptors (Lipinski definition) is 1. The summed E-state index contributed by atoms with van der Waals surface area (Å²) in [5.74, 6) is 0. The quantitative estimate of drug-likeness (QED) is 0.400. The lowest BCUT2D eigenvalue weighted by Crippen LogP contribution is -1.92. The first-order valence-corrected chi connectivity index (χ1v) is 8.46. The molecule has 0 atom stereocenters. The van der Waals surface area contributed by atoms with Crippen molar-refractivity contribution in [1.82, 2.24) is 0 Å². The summed E-state index contributed by atoms with van der Waals surface area (Å²) in [6.07, 6.45) is 1.01. The molecule has 0 aliphatic heterocycles. The van der Waals surface area contributed by atoms with Crippen LogP contribution < -0.4 is 0 Å². The summed E-state index contributed by atoms with van der Waals surface area (Å²) < 4.78 is 0. The SMILES string of the molecule is CCc1ccc2ccccc2c1-c1c(S)ccc2ccccc12. The van der Waals surface area contributed by atoms with Crippen molar-refractivity contribution in [3.63, 3.8) is 0 Å². The normalized spacial score (nSPS) is 11.2. The molecule has 4 aromatic carbocycles. The fraction of sp³-hybridized carbons (Fsp3) is 0.0909. The first-order chi connectivity index (χ1) is 11.3. The van der Waals surface area contributed by atoms with Crippen molar-refractivity contribution >= 4 is 34.2 Å². The maximum absolute atomic E-state index is 4.80. The summed E-state index contributed by atoms with van der Waals surface area (Å²) in [7, 11) is 0. The van der Waals surface area contributed by atoms with Gasteiger partial charge >= 0.3 is 0 Å². The van der Waals surface area contributed by atoms with Crippen LogP contribution in [0.4, 0.5) is 0 Å². The van der Waals surface area contributed by atoms with Gasteiger partial charge in [-0.25, -0.2) is 0 Å². The lowest BCUT2D eigenvalue weighted by atomic mass is 9.89. The lowest BCUT2D eigenvalue weighted by Gasteiger charge is -2.16. The van der Waals surface area contributed by atoms with E-state index in [-0.39, 0.29) is 0 Å². The first-order valence-electron chi connectivity index (χ1n) is 8.01. The number of rotatable bonds is 2. The molecule has 0 bridgehead atoms. The fourth-order valence-corrected chi connectivity index (χ4v) is 3.74. The van der Waals surface area contributed by atoms with Gasteiger partial charge in [0.05, 0.1) is 0 Å². The number of aryl methyl sites for hydroxylation is 1. The minimum atomic E-state index is 1.01. The van der Waals surface area contributed by atoms with Gasteiger partial charge in [-0.05, 0) is 45.2 Å². The van der Waals surface area contributed by atoms with Gasteiger partial charge in [0.15, 0.2) is 0 Å². The Hall–Kier alpha value is -2.25. The number of thiol groups is 1. The number of hydrogen-bond donors (Lipinski definition) is 1. The van der Waals surface area contributed by atoms with Crippen molar-refractivity contribution in [2.45, 2.75) is 18.2 Å². The van der Waals surface area contributed by atoms with E-state index in [0.29, 0.717) is 0 Å². The lowest BCUT2D eigenvalue weighted by molar-refractivity contribution is 1.15. The molecule has 4 aromatic rings. The van der Waals surface area contributed by atoms with E-state index in [9.17, 15) is 0 Å². The molecule has 112 valence electrons. The van der Waals surface area contributed by atoms with Crippen molar-refractivity contribution in [3.05, 3.63) is 78.4 Å². The molecule has 4 rings (SSSR count). The van der Waals surface area contributed by atoms with Crippen LogP contribution in [0.3, 0.4) is 0 Å². The highest BCUT2D eigenvalue weighted by Gasteiger charge is 2.14. The Morgan fingerprint density at radius 1 is 0.652 bits per heavy atom. The first kappa shape index (κ1) is 14.3. The Kier molecular flexibility index (Phi) is 3.59. The predicted molar refractivity (Wildman–Crippen MR) is 104 cm³/mol. The van der Waals surface area contributed by atoms with E-state index in [4.69, 9.17) is 12.6 Å². The van der Waals surface area contributed by atoms with Gasteiger partial charge in [-0.3, -0.25) is 0 Å². The Morgan fingerprint density at radius 3 is 1.87 bits per heavy atom. The largest absolute Gasteiger partial charge is 0.143 e. The summed E-state index contributed by atoms with van der Waals surface area (Å²) >= 11 is 4.80. The van der Waals surface area contributed by atoms with E-state index < -0.39 is 0 Å². The van der Waals surface area contributed by atoms with Crippen LogP contribution in [0.1, 0.15) is 12.5 Å². The van der Waals surface area contributed by atoms with Gasteiger partial charge in [-0.2, -0.15) is 0 Å². The number of benzene rings is 4. The third kappa shape index (κ3) is 2.32. The molecule has 0 aliphatic carbocycles. The second kappa shape index (κ2) is 5.75. The van der Waals surface area contributed by atoms with E-state index >= 15 is 0 Å². The summed E-state index contributed by atoms with van der Waals surface area (Å²) in [6, 6.07) is 25.9. The monoisotopic (exact) mass is 314 g/mol. The molecule has 23 heavy (non-hydrogen) atoms. The van der Waals surface area contributed by atoms with Crippen LogP contribution in [0.2, 0.25) is 0 Å². The molecule has 0 unspecified atom stereocenters.